The van der Waals surface area contributed by atoms with Crippen LogP contribution >= 0.6 is 34.4 Å². The maximum atomic E-state index is 5.11. The minimum Gasteiger partial charge on any atom is -0.244 e. The average Bonchev–Trinajstić information content (AvgIpc) is 3.30. The molecular weight excluding hydrogens is 461 g/mol. The number of allylic oxidation sites excluding steroid dienone is 2. The fourth-order valence-electron chi connectivity index (χ4n) is 5.41. The molecule has 0 saturated heterocycles. The number of aromatic nitrogens is 2. The molecule has 2 unspecified atom stereocenters. The summed E-state index contributed by atoms with van der Waals surface area (Å²) < 4.78 is 2.66. The second kappa shape index (κ2) is 7.14. The quantitative estimate of drug-likeness (QED) is 0.223. The van der Waals surface area contributed by atoms with Crippen molar-refractivity contribution in [3.05, 3.63) is 55.6 Å². The van der Waals surface area contributed by atoms with Gasteiger partial charge < -0.3 is 0 Å². The van der Waals surface area contributed by atoms with E-state index in [2.05, 4.69) is 63.4 Å². The first-order valence-corrected chi connectivity index (χ1v) is 14.4. The number of thioether (sulfide) groups is 1. The van der Waals surface area contributed by atoms with Gasteiger partial charge in [-0.25, -0.2) is 9.97 Å². The molecule has 3 heterocycles. The Hall–Kier alpha value is -2.21. The summed E-state index contributed by atoms with van der Waals surface area (Å²) in [4.78, 5) is 14.5. The molecule has 5 heteroatoms. The molecule has 33 heavy (non-hydrogen) atoms. The predicted octanol–water partition coefficient (Wildman–Crippen LogP) is 8.70. The summed E-state index contributed by atoms with van der Waals surface area (Å²) in [5, 5.41) is 2.73. The highest BCUT2D eigenvalue weighted by molar-refractivity contribution is 8.02. The van der Waals surface area contributed by atoms with E-state index in [1.54, 1.807) is 0 Å². The number of hydrogen-bond acceptors (Lipinski definition) is 5. The molecule has 0 fully saturated rings. The van der Waals surface area contributed by atoms with Crippen LogP contribution in [0.2, 0.25) is 0 Å². The van der Waals surface area contributed by atoms with Crippen molar-refractivity contribution in [2.45, 2.75) is 33.6 Å². The summed E-state index contributed by atoms with van der Waals surface area (Å²) in [6, 6.07) is 9.09. The van der Waals surface area contributed by atoms with E-state index in [1.807, 2.05) is 34.4 Å². The first-order valence-electron chi connectivity index (χ1n) is 11.5. The molecule has 0 spiro atoms. The van der Waals surface area contributed by atoms with E-state index in [1.165, 1.54) is 51.5 Å². The predicted molar refractivity (Wildman–Crippen MR) is 149 cm³/mol. The number of rotatable bonds is 1. The summed E-state index contributed by atoms with van der Waals surface area (Å²) in [6.45, 7) is 6.93. The topological polar surface area (TPSA) is 25.8 Å². The Balaban J connectivity index is 1.45. The van der Waals surface area contributed by atoms with Gasteiger partial charge in [-0.3, -0.25) is 0 Å². The van der Waals surface area contributed by atoms with Crippen LogP contribution in [0, 0.1) is 11.8 Å². The van der Waals surface area contributed by atoms with Crippen LogP contribution in [0.1, 0.15) is 41.7 Å². The third-order valence-electron chi connectivity index (χ3n) is 7.47. The van der Waals surface area contributed by atoms with Gasteiger partial charge >= 0.3 is 0 Å². The molecule has 7 rings (SSSR count). The molecule has 2 aromatic carbocycles. The Bertz CT molecular complexity index is 1700. The Kier molecular flexibility index (Phi) is 4.37. The van der Waals surface area contributed by atoms with Crippen LogP contribution in [0.25, 0.3) is 54.4 Å². The standard InChI is InChI=1S/C28H24N2S3/c1-13-5-16-18-8-20-22(10-26(18)32-25(16)7-14(13)2)30-21-9-19-17-6-15(3)24(31-4)12-28(17)33-27(19)11-23(21)29-20/h7-13,15H,5-6H2,1-4H3. The van der Waals surface area contributed by atoms with Gasteiger partial charge in [-0.1, -0.05) is 19.4 Å². The lowest BCUT2D eigenvalue weighted by atomic mass is 9.88. The summed E-state index contributed by atoms with van der Waals surface area (Å²) in [5.41, 5.74) is 8.48. The van der Waals surface area contributed by atoms with E-state index < -0.39 is 0 Å². The molecule has 0 radical (unpaired) electrons. The fourth-order valence-corrected chi connectivity index (χ4v) is 8.67. The molecule has 2 aliphatic rings. The number of thiophene rings is 2. The molecule has 2 atom stereocenters. The monoisotopic (exact) mass is 484 g/mol. The van der Waals surface area contributed by atoms with Crippen molar-refractivity contribution >= 4 is 88.8 Å². The lowest BCUT2D eigenvalue weighted by molar-refractivity contribution is 0.678. The first-order chi connectivity index (χ1) is 16.0. The molecule has 164 valence electrons. The van der Waals surface area contributed by atoms with Crippen molar-refractivity contribution in [3.63, 3.8) is 0 Å². The Morgan fingerprint density at radius 2 is 1.27 bits per heavy atom. The minimum absolute atomic E-state index is 0.585. The Labute approximate surface area is 205 Å². The first kappa shape index (κ1) is 20.2. The van der Waals surface area contributed by atoms with Crippen LogP contribution in [-0.2, 0) is 12.8 Å². The summed E-state index contributed by atoms with van der Waals surface area (Å²) in [6.07, 6.45) is 9.20. The highest BCUT2D eigenvalue weighted by atomic mass is 32.2. The number of hydrogen-bond donors (Lipinski definition) is 0. The van der Waals surface area contributed by atoms with Gasteiger partial charge in [0.05, 0.1) is 22.1 Å². The van der Waals surface area contributed by atoms with Crippen LogP contribution in [0.4, 0.5) is 0 Å². The van der Waals surface area contributed by atoms with Crippen LogP contribution < -0.4 is 0 Å². The van der Waals surface area contributed by atoms with Crippen molar-refractivity contribution in [1.82, 2.24) is 9.97 Å². The van der Waals surface area contributed by atoms with E-state index >= 15 is 0 Å². The van der Waals surface area contributed by atoms with Crippen molar-refractivity contribution in [3.8, 4) is 0 Å². The fraction of sp³-hybridized carbons (Fsp3) is 0.286. The molecule has 2 aliphatic carbocycles. The Morgan fingerprint density at radius 1 is 0.758 bits per heavy atom. The smallest absolute Gasteiger partial charge is 0.0909 e. The van der Waals surface area contributed by atoms with Crippen molar-refractivity contribution in [2.24, 2.45) is 11.8 Å². The molecule has 0 bridgehead atoms. The normalized spacial score (nSPS) is 20.4. The van der Waals surface area contributed by atoms with Gasteiger partial charge in [0.1, 0.15) is 0 Å². The largest absolute Gasteiger partial charge is 0.244 e. The van der Waals surface area contributed by atoms with Crippen LogP contribution in [0.3, 0.4) is 0 Å². The third kappa shape index (κ3) is 2.99. The van der Waals surface area contributed by atoms with Gasteiger partial charge in [-0.05, 0) is 101 Å². The lowest BCUT2D eigenvalue weighted by Crippen LogP contribution is -2.06. The zero-order chi connectivity index (χ0) is 22.4. The third-order valence-corrected chi connectivity index (χ3v) is 10.7. The second-order valence-corrected chi connectivity index (χ2v) is 12.7. The molecule has 0 saturated carbocycles. The zero-order valence-corrected chi connectivity index (χ0v) is 21.6. The highest BCUT2D eigenvalue weighted by Gasteiger charge is 2.23. The van der Waals surface area contributed by atoms with Crippen LogP contribution in [-0.4, -0.2) is 16.2 Å². The number of benzene rings is 2. The van der Waals surface area contributed by atoms with Crippen LogP contribution in [0.15, 0.2) is 34.7 Å². The molecule has 3 aromatic heterocycles. The van der Waals surface area contributed by atoms with E-state index in [9.17, 15) is 0 Å². The molecule has 0 aliphatic heterocycles. The van der Waals surface area contributed by atoms with Crippen LogP contribution in [0.5, 0.6) is 0 Å². The van der Waals surface area contributed by atoms with Crippen molar-refractivity contribution in [1.29, 1.82) is 0 Å². The second-order valence-electron chi connectivity index (χ2n) is 9.64. The summed E-state index contributed by atoms with van der Waals surface area (Å²) in [7, 11) is 0. The number of fused-ring (bicyclic) bond motifs is 8. The maximum Gasteiger partial charge on any atom is 0.0909 e. The zero-order valence-electron chi connectivity index (χ0n) is 19.2. The van der Waals surface area contributed by atoms with Crippen molar-refractivity contribution in [2.75, 3.05) is 6.26 Å². The van der Waals surface area contributed by atoms with Gasteiger partial charge in [-0.2, -0.15) is 0 Å². The van der Waals surface area contributed by atoms with E-state index in [4.69, 9.17) is 9.97 Å². The van der Waals surface area contributed by atoms with Gasteiger partial charge in [-0.15, -0.1) is 34.4 Å². The van der Waals surface area contributed by atoms with E-state index in [-0.39, 0.29) is 0 Å². The molecule has 5 aromatic rings. The van der Waals surface area contributed by atoms with Gasteiger partial charge in [0, 0.05) is 19.2 Å². The van der Waals surface area contributed by atoms with Gasteiger partial charge in [0.15, 0.2) is 0 Å². The lowest BCUT2D eigenvalue weighted by Gasteiger charge is -2.19. The number of nitrogens with zero attached hydrogens (tertiary/aromatic N) is 2. The minimum atomic E-state index is 0.585. The molecular formula is C28H24N2S3. The summed E-state index contributed by atoms with van der Waals surface area (Å²) >= 11 is 5.69. The molecule has 0 amide bonds. The van der Waals surface area contributed by atoms with E-state index in [0.29, 0.717) is 11.8 Å². The van der Waals surface area contributed by atoms with Gasteiger partial charge in [0.2, 0.25) is 0 Å². The molecule has 2 nitrogen and oxygen atoms in total. The van der Waals surface area contributed by atoms with E-state index in [0.717, 1.165) is 34.9 Å². The summed E-state index contributed by atoms with van der Waals surface area (Å²) in [5.74, 6) is 1.19. The molecule has 0 N–H and O–H groups in total. The highest BCUT2D eigenvalue weighted by Crippen LogP contribution is 2.44. The maximum absolute atomic E-state index is 5.11. The van der Waals surface area contributed by atoms with Gasteiger partial charge in [0.25, 0.3) is 0 Å². The Morgan fingerprint density at radius 3 is 1.85 bits per heavy atom. The SMILES string of the molecule is CSC1=Cc2sc3cc4nc5cc6c7c(sc6cc5nc4cc3c2CC1C)C=C(C)C(C)C7. The average molecular weight is 485 g/mol. The van der Waals surface area contributed by atoms with Crippen molar-refractivity contribution < 1.29 is 0 Å².